The first-order valence-electron chi connectivity index (χ1n) is 35.2. The lowest BCUT2D eigenvalue weighted by molar-refractivity contribution is -0.157. The van der Waals surface area contributed by atoms with Gasteiger partial charge in [-0.3, -0.25) is 52.7 Å². The molecular weight excluding hydrogens is 1260 g/mol. The van der Waals surface area contributed by atoms with Gasteiger partial charge in [0.25, 0.3) is 0 Å². The minimum atomic E-state index is -1.65. The molecule has 1 saturated heterocycles. The van der Waals surface area contributed by atoms with E-state index in [1.165, 1.54) is 104 Å². The standard InChI is InChI=1S/C72H125N11O13S/c1-24-52-67(91)81(21)57(41-97-36-29-28-35-84)70(94)77(17)54(38-43(4)5)64(88)76-58(46(10)11)71(95)78(18)53(37-42(2)3)63(87)73-49(15)62(86)74-50(16)66(90)79(19)55(39-44(6)7)68(92)80(20)56(40-45(8)9)69(93)82(22)59(47(12)13)72(96)83(23)60(65(89)75-52)61(85)48(14)31-30-34-51-32-26-25-27-33-51/h25-27,32-33,42-50,52-61,84-85H,24,28-31,34-41H2,1-23H3,(H,73,87)(H,74,86)(H,75,89)(H,76,88)/t48-,49+,50-,52+,53+,54+,55+,56+,57-,58+,59+,60+,61-/m1/s1. The molecule has 25 heteroatoms. The fourth-order valence-corrected chi connectivity index (χ4v) is 13.6. The number of thioether (sulfide) groups is 1. The molecule has 2 rings (SSSR count). The summed E-state index contributed by atoms with van der Waals surface area (Å²) in [4.78, 5) is 173. The topological polar surface area (TPSA) is 299 Å². The van der Waals surface area contributed by atoms with Gasteiger partial charge >= 0.3 is 0 Å². The van der Waals surface area contributed by atoms with E-state index in [1.807, 2.05) is 85.7 Å². The van der Waals surface area contributed by atoms with Gasteiger partial charge < -0.3 is 65.8 Å². The molecular formula is C72H125N11O13S. The van der Waals surface area contributed by atoms with Gasteiger partial charge in [-0.15, -0.1) is 0 Å². The van der Waals surface area contributed by atoms with Crippen LogP contribution in [0.25, 0.3) is 0 Å². The maximum Gasteiger partial charge on any atom is 0.246 e. The Morgan fingerprint density at radius 3 is 1.36 bits per heavy atom. The third-order valence-corrected chi connectivity index (χ3v) is 19.7. The highest BCUT2D eigenvalue weighted by Crippen LogP contribution is 2.27. The Hall–Kier alpha value is -6.34. The molecule has 552 valence electrons. The SMILES string of the molecule is CC[C@@H]1NC(=O)[C@H]([C@H](O)[C@H](C)CCCc2ccccc2)N(C)C(=O)[C@H](C(C)C)N(C)C(=O)[C@H](CC(C)C)N(C)C(=O)[C@H](CC(C)C)N(C)C(=O)[C@@H](C)NC(=O)[C@H](C)NC(=O)[C@H](CC(C)C)N(C)C(=O)[C@H](C(C)C)NC(=O)[C@H](CC(C)C)N(C)C(=O)[C@@H](CSCCCCO)N(C)C1=O. The third kappa shape index (κ3) is 25.4. The predicted molar refractivity (Wildman–Crippen MR) is 381 cm³/mol. The number of benzene rings is 1. The number of nitrogens with zero attached hydrogens (tertiary/aromatic N) is 7. The van der Waals surface area contributed by atoms with Crippen molar-refractivity contribution in [2.75, 3.05) is 67.4 Å². The second-order valence-corrected chi connectivity index (χ2v) is 30.5. The van der Waals surface area contributed by atoms with Gasteiger partial charge in [0.05, 0.1) is 6.10 Å². The van der Waals surface area contributed by atoms with E-state index < -0.39 is 155 Å². The molecule has 1 aromatic carbocycles. The van der Waals surface area contributed by atoms with Crippen molar-refractivity contribution in [1.82, 2.24) is 55.6 Å². The molecule has 0 saturated carbocycles. The van der Waals surface area contributed by atoms with Gasteiger partial charge in [0.2, 0.25) is 65.0 Å². The van der Waals surface area contributed by atoms with Crippen LogP contribution in [0.2, 0.25) is 0 Å². The number of aliphatic hydroxyl groups is 2. The third-order valence-electron chi connectivity index (χ3n) is 18.6. The molecule has 0 radical (unpaired) electrons. The Kier molecular flexibility index (Phi) is 36.9. The van der Waals surface area contributed by atoms with Crippen molar-refractivity contribution in [1.29, 1.82) is 0 Å². The molecule has 1 aromatic rings. The Morgan fingerprint density at radius 1 is 0.443 bits per heavy atom. The van der Waals surface area contributed by atoms with Gasteiger partial charge in [-0.05, 0) is 131 Å². The number of hydrogen-bond acceptors (Lipinski definition) is 14. The molecule has 0 unspecified atom stereocenters. The number of aliphatic hydroxyl groups excluding tert-OH is 2. The number of rotatable bonds is 23. The minimum absolute atomic E-state index is 0.01000. The zero-order valence-electron chi connectivity index (χ0n) is 63.0. The Balaban J connectivity index is 3.11. The number of hydrogen-bond donors (Lipinski definition) is 6. The predicted octanol–water partition coefficient (Wildman–Crippen LogP) is 5.20. The van der Waals surface area contributed by atoms with Crippen LogP contribution in [0.5, 0.6) is 0 Å². The van der Waals surface area contributed by atoms with Gasteiger partial charge in [0.15, 0.2) is 0 Å². The molecule has 0 spiro atoms. The van der Waals surface area contributed by atoms with Gasteiger partial charge in [-0.25, -0.2) is 0 Å². The molecule has 1 heterocycles. The summed E-state index contributed by atoms with van der Waals surface area (Å²) < 4.78 is 0. The smallest absolute Gasteiger partial charge is 0.246 e. The molecule has 1 aliphatic heterocycles. The number of aryl methyl sites for hydroxylation is 1. The largest absolute Gasteiger partial charge is 0.396 e. The van der Waals surface area contributed by atoms with Crippen molar-refractivity contribution in [2.45, 2.75) is 248 Å². The van der Waals surface area contributed by atoms with E-state index in [0.717, 1.165) is 10.5 Å². The van der Waals surface area contributed by atoms with Crippen LogP contribution in [0.3, 0.4) is 0 Å². The lowest BCUT2D eigenvalue weighted by Gasteiger charge is -2.41. The fraction of sp³-hybridized carbons (Fsp3) is 0.764. The van der Waals surface area contributed by atoms with E-state index in [0.29, 0.717) is 37.9 Å². The number of amides is 11. The van der Waals surface area contributed by atoms with Crippen molar-refractivity contribution < 1.29 is 63.0 Å². The summed E-state index contributed by atoms with van der Waals surface area (Å²) in [7, 11) is 10.1. The van der Waals surface area contributed by atoms with E-state index in [9.17, 15) is 34.2 Å². The van der Waals surface area contributed by atoms with Crippen LogP contribution >= 0.6 is 11.8 Å². The maximum absolute atomic E-state index is 15.5. The van der Waals surface area contributed by atoms with Crippen LogP contribution in [0.1, 0.15) is 174 Å². The lowest BCUT2D eigenvalue weighted by Crippen LogP contribution is -2.64. The molecule has 1 aliphatic rings. The van der Waals surface area contributed by atoms with E-state index >= 15 is 28.8 Å². The molecule has 6 N–H and O–H groups in total. The van der Waals surface area contributed by atoms with Gasteiger partial charge in [0.1, 0.15) is 66.5 Å². The summed E-state index contributed by atoms with van der Waals surface area (Å²) >= 11 is 1.36. The number of likely N-dealkylation sites (N-methyl/N-ethyl adjacent to an activating group) is 7. The number of nitrogens with one attached hydrogen (secondary N) is 4. The molecule has 13 atom stereocenters. The number of unbranched alkanes of at least 4 members (excludes halogenated alkanes) is 1. The van der Waals surface area contributed by atoms with Crippen molar-refractivity contribution in [3.63, 3.8) is 0 Å². The monoisotopic (exact) mass is 1380 g/mol. The van der Waals surface area contributed by atoms with E-state index in [1.54, 1.807) is 41.5 Å². The summed E-state index contributed by atoms with van der Waals surface area (Å²) in [5.74, 6) is -9.38. The van der Waals surface area contributed by atoms with Crippen LogP contribution in [0.15, 0.2) is 30.3 Å². The van der Waals surface area contributed by atoms with Gasteiger partial charge in [0, 0.05) is 61.7 Å². The Morgan fingerprint density at radius 2 is 0.876 bits per heavy atom. The van der Waals surface area contributed by atoms with E-state index in [2.05, 4.69) is 21.3 Å². The fourth-order valence-electron chi connectivity index (χ4n) is 12.5. The number of carbonyl (C=O) groups is 11. The Bertz CT molecular complexity index is 2740. The molecule has 1 fully saturated rings. The normalized spacial score (nSPS) is 25.7. The summed E-state index contributed by atoms with van der Waals surface area (Å²) in [6.45, 7) is 28.2. The summed E-state index contributed by atoms with van der Waals surface area (Å²) in [5, 5.41) is 33.4. The average Bonchev–Trinajstić information content (AvgIpc) is 0.836. The first-order valence-corrected chi connectivity index (χ1v) is 36.3. The van der Waals surface area contributed by atoms with Crippen LogP contribution in [-0.4, -0.2) is 250 Å². The van der Waals surface area contributed by atoms with Gasteiger partial charge in [-0.2, -0.15) is 11.8 Å². The summed E-state index contributed by atoms with van der Waals surface area (Å²) in [6, 6.07) is -4.13. The van der Waals surface area contributed by atoms with Crippen molar-refractivity contribution in [3.05, 3.63) is 35.9 Å². The summed E-state index contributed by atoms with van der Waals surface area (Å²) in [6.07, 6.45) is 1.77. The zero-order valence-corrected chi connectivity index (χ0v) is 63.8. The molecule has 0 aliphatic carbocycles. The minimum Gasteiger partial charge on any atom is -0.396 e. The van der Waals surface area contributed by atoms with Crippen LogP contribution < -0.4 is 21.3 Å². The lowest BCUT2D eigenvalue weighted by atomic mass is 9.89. The second kappa shape index (κ2) is 41.3. The first-order chi connectivity index (χ1) is 45.2. The van der Waals surface area contributed by atoms with Crippen LogP contribution in [0.4, 0.5) is 0 Å². The molecule has 11 amide bonds. The quantitative estimate of drug-likeness (QED) is 0.0768. The average molecular weight is 1380 g/mol. The highest BCUT2D eigenvalue weighted by molar-refractivity contribution is 7.99. The van der Waals surface area contributed by atoms with E-state index in [4.69, 9.17) is 0 Å². The zero-order chi connectivity index (χ0) is 74.2. The Labute approximate surface area is 585 Å². The maximum atomic E-state index is 15.5. The molecule has 97 heavy (non-hydrogen) atoms. The van der Waals surface area contributed by atoms with Crippen molar-refractivity contribution in [2.24, 2.45) is 41.4 Å². The molecule has 0 aromatic heterocycles. The summed E-state index contributed by atoms with van der Waals surface area (Å²) in [5.41, 5.74) is 1.07. The molecule has 0 bridgehead atoms. The van der Waals surface area contributed by atoms with Crippen molar-refractivity contribution >= 4 is 76.7 Å². The highest BCUT2D eigenvalue weighted by atomic mass is 32.2. The molecule has 24 nitrogen and oxygen atoms in total. The van der Waals surface area contributed by atoms with Crippen LogP contribution in [-0.2, 0) is 59.2 Å². The van der Waals surface area contributed by atoms with Crippen molar-refractivity contribution in [3.8, 4) is 0 Å². The van der Waals surface area contributed by atoms with Crippen LogP contribution in [0, 0.1) is 41.4 Å². The van der Waals surface area contributed by atoms with E-state index in [-0.39, 0.29) is 68.1 Å². The van der Waals surface area contributed by atoms with Gasteiger partial charge in [-0.1, -0.05) is 127 Å². The first kappa shape index (κ1) is 86.7. The highest BCUT2D eigenvalue weighted by Gasteiger charge is 2.46. The number of carbonyl (C=O) groups excluding carboxylic acids is 11. The second-order valence-electron chi connectivity index (χ2n) is 29.4.